The second-order valence-electron chi connectivity index (χ2n) is 5.95. The monoisotopic (exact) mass is 369 g/mol. The standard InChI is InChI=1S/C17H18F3N3OS/c1-12-3-5-14(25-12)16(24)23-8-2-7-22(9-10-23)15-6-4-13(11-21-15)17(18,19)20/h3-6,11H,2,7-10H2,1H3. The first kappa shape index (κ1) is 17.7. The highest BCUT2D eigenvalue weighted by Gasteiger charge is 2.31. The number of carbonyl (C=O) groups is 1. The van der Waals surface area contributed by atoms with Crippen LogP contribution >= 0.6 is 11.3 Å². The van der Waals surface area contributed by atoms with Gasteiger partial charge in [0, 0.05) is 37.3 Å². The SMILES string of the molecule is Cc1ccc(C(=O)N2CCCN(c3ccc(C(F)(F)F)cn3)CC2)s1. The first-order chi connectivity index (χ1) is 11.8. The molecule has 1 aliphatic rings. The summed E-state index contributed by atoms with van der Waals surface area (Å²) >= 11 is 1.47. The molecular formula is C17H18F3N3OS. The fourth-order valence-corrected chi connectivity index (χ4v) is 3.63. The summed E-state index contributed by atoms with van der Waals surface area (Å²) in [6, 6.07) is 6.20. The molecule has 4 nitrogen and oxygen atoms in total. The van der Waals surface area contributed by atoms with Crippen molar-refractivity contribution in [1.29, 1.82) is 0 Å². The van der Waals surface area contributed by atoms with Crippen molar-refractivity contribution in [2.45, 2.75) is 19.5 Å². The molecule has 1 fully saturated rings. The Morgan fingerprint density at radius 3 is 2.52 bits per heavy atom. The average Bonchev–Trinajstić information content (AvgIpc) is 2.86. The maximum atomic E-state index is 12.6. The van der Waals surface area contributed by atoms with E-state index in [4.69, 9.17) is 0 Å². The first-order valence-corrected chi connectivity index (χ1v) is 8.80. The van der Waals surface area contributed by atoms with E-state index in [-0.39, 0.29) is 5.91 Å². The Morgan fingerprint density at radius 2 is 1.92 bits per heavy atom. The third-order valence-corrected chi connectivity index (χ3v) is 5.12. The maximum Gasteiger partial charge on any atom is 0.417 e. The van der Waals surface area contributed by atoms with Crippen molar-refractivity contribution >= 4 is 23.1 Å². The molecule has 8 heteroatoms. The molecule has 0 radical (unpaired) electrons. The number of rotatable bonds is 2. The minimum absolute atomic E-state index is 0.0142. The van der Waals surface area contributed by atoms with E-state index >= 15 is 0 Å². The molecule has 2 aromatic heterocycles. The zero-order valence-electron chi connectivity index (χ0n) is 13.7. The van der Waals surface area contributed by atoms with Crippen molar-refractivity contribution in [3.63, 3.8) is 0 Å². The molecule has 1 amide bonds. The smallest absolute Gasteiger partial charge is 0.355 e. The topological polar surface area (TPSA) is 36.4 Å². The number of pyridine rings is 1. The molecule has 25 heavy (non-hydrogen) atoms. The van der Waals surface area contributed by atoms with Crippen molar-refractivity contribution < 1.29 is 18.0 Å². The molecule has 0 N–H and O–H groups in total. The number of hydrogen-bond donors (Lipinski definition) is 0. The average molecular weight is 369 g/mol. The fraction of sp³-hybridized carbons (Fsp3) is 0.412. The molecule has 1 saturated heterocycles. The van der Waals surface area contributed by atoms with Gasteiger partial charge in [0.05, 0.1) is 10.4 Å². The number of alkyl halides is 3. The van der Waals surface area contributed by atoms with Crippen LogP contribution in [0.25, 0.3) is 0 Å². The highest BCUT2D eigenvalue weighted by Crippen LogP contribution is 2.29. The quantitative estimate of drug-likeness (QED) is 0.807. The van der Waals surface area contributed by atoms with E-state index in [0.29, 0.717) is 32.0 Å². The summed E-state index contributed by atoms with van der Waals surface area (Å²) in [7, 11) is 0. The van der Waals surface area contributed by atoms with Gasteiger partial charge in [-0.1, -0.05) is 0 Å². The summed E-state index contributed by atoms with van der Waals surface area (Å²) in [4.78, 5) is 22.0. The number of thiophene rings is 1. The van der Waals surface area contributed by atoms with E-state index in [9.17, 15) is 18.0 Å². The zero-order chi connectivity index (χ0) is 18.0. The summed E-state index contributed by atoms with van der Waals surface area (Å²) in [6.45, 7) is 4.33. The molecule has 0 bridgehead atoms. The molecule has 0 unspecified atom stereocenters. The molecule has 1 aliphatic heterocycles. The van der Waals surface area contributed by atoms with Gasteiger partial charge in [0.2, 0.25) is 0 Å². The molecule has 134 valence electrons. The highest BCUT2D eigenvalue weighted by atomic mass is 32.1. The number of halogens is 3. The predicted octanol–water partition coefficient (Wildman–Crippen LogP) is 3.82. The number of anilines is 1. The van der Waals surface area contributed by atoms with Gasteiger partial charge >= 0.3 is 6.18 Å². The minimum Gasteiger partial charge on any atom is -0.355 e. The minimum atomic E-state index is -4.38. The van der Waals surface area contributed by atoms with Crippen LogP contribution < -0.4 is 4.90 Å². The van der Waals surface area contributed by atoms with E-state index in [2.05, 4.69) is 4.98 Å². The number of carbonyl (C=O) groups excluding carboxylic acids is 1. The van der Waals surface area contributed by atoms with E-state index in [0.717, 1.165) is 28.4 Å². The van der Waals surface area contributed by atoms with Gasteiger partial charge in [0.25, 0.3) is 5.91 Å². The van der Waals surface area contributed by atoms with Crippen LogP contribution in [0.4, 0.5) is 19.0 Å². The Bertz CT molecular complexity index is 742. The van der Waals surface area contributed by atoms with Gasteiger partial charge in [0.1, 0.15) is 5.82 Å². The summed E-state index contributed by atoms with van der Waals surface area (Å²) in [5.74, 6) is 0.523. The number of nitrogens with zero attached hydrogens (tertiary/aromatic N) is 3. The van der Waals surface area contributed by atoms with Crippen LogP contribution in [0.2, 0.25) is 0 Å². The Labute approximate surface area is 147 Å². The maximum absolute atomic E-state index is 12.6. The molecule has 0 saturated carbocycles. The lowest BCUT2D eigenvalue weighted by molar-refractivity contribution is -0.137. The second kappa shape index (κ2) is 7.03. The Morgan fingerprint density at radius 1 is 1.12 bits per heavy atom. The van der Waals surface area contributed by atoms with Crippen LogP contribution in [0.1, 0.15) is 26.5 Å². The molecular weight excluding hydrogens is 351 g/mol. The van der Waals surface area contributed by atoms with Gasteiger partial charge < -0.3 is 9.80 Å². The predicted molar refractivity (Wildman–Crippen MR) is 91.0 cm³/mol. The molecule has 3 heterocycles. The fourth-order valence-electron chi connectivity index (χ4n) is 2.80. The second-order valence-corrected chi connectivity index (χ2v) is 7.23. The zero-order valence-corrected chi connectivity index (χ0v) is 14.5. The van der Waals surface area contributed by atoms with Crippen LogP contribution in [-0.4, -0.2) is 42.0 Å². The molecule has 0 aliphatic carbocycles. The van der Waals surface area contributed by atoms with E-state index in [1.807, 2.05) is 24.0 Å². The number of hydrogen-bond acceptors (Lipinski definition) is 4. The van der Waals surface area contributed by atoms with Crippen molar-refractivity contribution in [2.75, 3.05) is 31.1 Å². The van der Waals surface area contributed by atoms with Crippen LogP contribution in [0.15, 0.2) is 30.5 Å². The molecule has 3 rings (SSSR count). The summed E-state index contributed by atoms with van der Waals surface area (Å²) in [5.41, 5.74) is -0.754. The lowest BCUT2D eigenvalue weighted by atomic mass is 10.2. The molecule has 2 aromatic rings. The van der Waals surface area contributed by atoms with Gasteiger partial charge in [-0.15, -0.1) is 11.3 Å². The van der Waals surface area contributed by atoms with Gasteiger partial charge in [-0.05, 0) is 37.6 Å². The van der Waals surface area contributed by atoms with E-state index in [1.54, 1.807) is 4.90 Å². The number of aryl methyl sites for hydroxylation is 1. The van der Waals surface area contributed by atoms with Crippen molar-refractivity contribution in [1.82, 2.24) is 9.88 Å². The summed E-state index contributed by atoms with van der Waals surface area (Å²) < 4.78 is 37.9. The normalized spacial score (nSPS) is 16.0. The summed E-state index contributed by atoms with van der Waals surface area (Å²) in [5, 5.41) is 0. The largest absolute Gasteiger partial charge is 0.417 e. The molecule has 0 aromatic carbocycles. The van der Waals surface area contributed by atoms with E-state index in [1.165, 1.54) is 17.4 Å². The van der Waals surface area contributed by atoms with E-state index < -0.39 is 11.7 Å². The van der Waals surface area contributed by atoms with Crippen LogP contribution in [0.5, 0.6) is 0 Å². The highest BCUT2D eigenvalue weighted by molar-refractivity contribution is 7.13. The first-order valence-electron chi connectivity index (χ1n) is 7.98. The Balaban J connectivity index is 1.66. The van der Waals surface area contributed by atoms with Crippen molar-refractivity contribution in [2.24, 2.45) is 0 Å². The van der Waals surface area contributed by atoms with Gasteiger partial charge in [-0.25, -0.2) is 4.98 Å². The molecule has 0 atom stereocenters. The van der Waals surface area contributed by atoms with Gasteiger partial charge in [-0.3, -0.25) is 4.79 Å². The summed E-state index contributed by atoms with van der Waals surface area (Å²) in [6.07, 6.45) is -2.78. The third-order valence-electron chi connectivity index (χ3n) is 4.13. The van der Waals surface area contributed by atoms with Crippen LogP contribution in [-0.2, 0) is 6.18 Å². The lowest BCUT2D eigenvalue weighted by Crippen LogP contribution is -2.35. The number of aromatic nitrogens is 1. The van der Waals surface area contributed by atoms with Gasteiger partial charge in [-0.2, -0.15) is 13.2 Å². The number of amides is 1. The van der Waals surface area contributed by atoms with Crippen LogP contribution in [0.3, 0.4) is 0 Å². The Kier molecular flexibility index (Phi) is 4.99. The Hall–Kier alpha value is -2.09. The molecule has 0 spiro atoms. The third kappa shape index (κ3) is 4.12. The lowest BCUT2D eigenvalue weighted by Gasteiger charge is -2.23. The van der Waals surface area contributed by atoms with Gasteiger partial charge in [0.15, 0.2) is 0 Å². The van der Waals surface area contributed by atoms with Crippen molar-refractivity contribution in [3.8, 4) is 0 Å². The van der Waals surface area contributed by atoms with Crippen LogP contribution in [0, 0.1) is 6.92 Å². The van der Waals surface area contributed by atoms with Crippen molar-refractivity contribution in [3.05, 3.63) is 45.8 Å².